The van der Waals surface area contributed by atoms with Gasteiger partial charge >= 0.3 is 0 Å². The van der Waals surface area contributed by atoms with Crippen LogP contribution in [0, 0.1) is 0 Å². The second-order valence-electron chi connectivity index (χ2n) is 3.53. The summed E-state index contributed by atoms with van der Waals surface area (Å²) in [5.74, 6) is 0. The molecule has 0 radical (unpaired) electrons. The predicted octanol–water partition coefficient (Wildman–Crippen LogP) is 0.557. The largest absolute Gasteiger partial charge is 0.396 e. The summed E-state index contributed by atoms with van der Waals surface area (Å²) in [5, 5.41) is 9.72. The van der Waals surface area contributed by atoms with Crippen molar-refractivity contribution in [1.29, 1.82) is 0 Å². The molecule has 0 aliphatic carbocycles. The van der Waals surface area contributed by atoms with Crippen LogP contribution in [0.1, 0.15) is 27.2 Å². The molecule has 12 heavy (non-hydrogen) atoms. The van der Waals surface area contributed by atoms with Gasteiger partial charge in [0.1, 0.15) is 0 Å². The molecule has 1 amide bonds. The van der Waals surface area contributed by atoms with Gasteiger partial charge in [0.05, 0.1) is 12.1 Å². The van der Waals surface area contributed by atoms with Gasteiger partial charge in [0.25, 0.3) is 0 Å². The maximum absolute atomic E-state index is 10.4. The Kier molecular flexibility index (Phi) is 4.85. The summed E-state index contributed by atoms with van der Waals surface area (Å²) in [7, 11) is 0. The molecule has 0 heterocycles. The van der Waals surface area contributed by atoms with E-state index in [0.29, 0.717) is 19.4 Å². The van der Waals surface area contributed by atoms with Crippen LogP contribution in [0.2, 0.25) is 0 Å². The molecule has 0 fully saturated rings. The summed E-state index contributed by atoms with van der Waals surface area (Å²) in [6.07, 6.45) is 1.16. The Morgan fingerprint density at radius 3 is 2.42 bits per heavy atom. The van der Waals surface area contributed by atoms with E-state index in [4.69, 9.17) is 9.94 Å². The predicted molar refractivity (Wildman–Crippen MR) is 45.3 cm³/mol. The fraction of sp³-hybridized carbons (Fsp3) is 0.875. The summed E-state index contributed by atoms with van der Waals surface area (Å²) in [4.78, 5) is 15.7. The first-order valence-corrected chi connectivity index (χ1v) is 4.01. The summed E-state index contributed by atoms with van der Waals surface area (Å²) in [6, 6.07) is 0. The molecule has 0 aromatic heterocycles. The average Bonchev–Trinajstić information content (AvgIpc) is 1.95. The Balaban J connectivity index is 3.75. The molecule has 0 aromatic rings. The maximum Gasteiger partial charge on any atom is 0.233 e. The molecule has 1 N–H and O–H groups in total. The SMILES string of the molecule is CC(C)(C)ON(C=O)CCCO. The standard InChI is InChI=1S/C8H17NO3/c1-8(2,3)12-9(7-11)5-4-6-10/h7,10H,4-6H2,1-3H3. The molecule has 0 saturated heterocycles. The van der Waals surface area contributed by atoms with Gasteiger partial charge in [0.2, 0.25) is 6.41 Å². The van der Waals surface area contributed by atoms with Crippen LogP contribution in [0.15, 0.2) is 0 Å². The Morgan fingerprint density at radius 2 is 2.08 bits per heavy atom. The minimum absolute atomic E-state index is 0.0673. The van der Waals surface area contributed by atoms with E-state index in [2.05, 4.69) is 0 Å². The van der Waals surface area contributed by atoms with Gasteiger partial charge in [-0.25, -0.2) is 5.06 Å². The fourth-order valence-electron chi connectivity index (χ4n) is 0.698. The number of aliphatic hydroxyl groups is 1. The zero-order valence-corrected chi connectivity index (χ0v) is 7.91. The highest BCUT2D eigenvalue weighted by atomic mass is 16.7. The molecule has 4 nitrogen and oxygen atoms in total. The van der Waals surface area contributed by atoms with Gasteiger partial charge < -0.3 is 5.11 Å². The molecular weight excluding hydrogens is 158 g/mol. The van der Waals surface area contributed by atoms with Gasteiger partial charge in [0.15, 0.2) is 0 Å². The van der Waals surface area contributed by atoms with Gasteiger partial charge in [0, 0.05) is 6.61 Å². The van der Waals surface area contributed by atoms with Crippen molar-refractivity contribution in [2.45, 2.75) is 32.8 Å². The lowest BCUT2D eigenvalue weighted by Gasteiger charge is -2.26. The first kappa shape index (κ1) is 11.4. The fourth-order valence-corrected chi connectivity index (χ4v) is 0.698. The third-order valence-electron chi connectivity index (χ3n) is 1.05. The van der Waals surface area contributed by atoms with Crippen LogP contribution in [0.3, 0.4) is 0 Å². The molecule has 0 aliphatic heterocycles. The van der Waals surface area contributed by atoms with E-state index < -0.39 is 0 Å². The highest BCUT2D eigenvalue weighted by Crippen LogP contribution is 2.08. The van der Waals surface area contributed by atoms with Crippen molar-refractivity contribution in [3.8, 4) is 0 Å². The van der Waals surface area contributed by atoms with E-state index in [0.717, 1.165) is 0 Å². The van der Waals surface area contributed by atoms with E-state index in [-0.39, 0.29) is 12.2 Å². The zero-order chi connectivity index (χ0) is 9.61. The molecule has 4 heteroatoms. The van der Waals surface area contributed by atoms with Crippen molar-refractivity contribution < 1.29 is 14.7 Å². The highest BCUT2D eigenvalue weighted by Gasteiger charge is 2.15. The minimum atomic E-state index is -0.365. The highest BCUT2D eigenvalue weighted by molar-refractivity contribution is 5.44. The second kappa shape index (κ2) is 5.11. The molecule has 0 saturated carbocycles. The zero-order valence-electron chi connectivity index (χ0n) is 7.91. The number of hydrogen-bond donors (Lipinski definition) is 1. The van der Waals surface area contributed by atoms with Gasteiger partial charge in [-0.05, 0) is 27.2 Å². The quantitative estimate of drug-likeness (QED) is 0.490. The first-order valence-electron chi connectivity index (χ1n) is 4.01. The lowest BCUT2D eigenvalue weighted by molar-refractivity contribution is -0.216. The van der Waals surface area contributed by atoms with Crippen molar-refractivity contribution >= 4 is 6.41 Å². The molecule has 0 aliphatic rings. The molecule has 0 rings (SSSR count). The van der Waals surface area contributed by atoms with Crippen LogP contribution in [-0.4, -0.2) is 35.3 Å². The topological polar surface area (TPSA) is 49.8 Å². The van der Waals surface area contributed by atoms with Crippen LogP contribution in [0.4, 0.5) is 0 Å². The molecule has 0 spiro atoms. The number of rotatable bonds is 5. The van der Waals surface area contributed by atoms with Gasteiger partial charge in [-0.1, -0.05) is 0 Å². The van der Waals surface area contributed by atoms with E-state index >= 15 is 0 Å². The normalized spacial score (nSPS) is 11.3. The second-order valence-corrected chi connectivity index (χ2v) is 3.53. The van der Waals surface area contributed by atoms with Crippen LogP contribution < -0.4 is 0 Å². The number of hydrogen-bond acceptors (Lipinski definition) is 3. The maximum atomic E-state index is 10.4. The Bertz CT molecular complexity index is 131. The minimum Gasteiger partial charge on any atom is -0.396 e. The van der Waals surface area contributed by atoms with Gasteiger partial charge in [-0.15, -0.1) is 0 Å². The smallest absolute Gasteiger partial charge is 0.233 e. The van der Waals surface area contributed by atoms with E-state index in [1.807, 2.05) is 20.8 Å². The number of aliphatic hydroxyl groups excluding tert-OH is 1. The molecule has 0 aromatic carbocycles. The van der Waals surface area contributed by atoms with Crippen LogP contribution in [-0.2, 0) is 9.63 Å². The van der Waals surface area contributed by atoms with E-state index in [1.165, 1.54) is 5.06 Å². The Hall–Kier alpha value is -0.610. The van der Waals surface area contributed by atoms with Crippen molar-refractivity contribution in [3.05, 3.63) is 0 Å². The monoisotopic (exact) mass is 175 g/mol. The van der Waals surface area contributed by atoms with Gasteiger partial charge in [-0.3, -0.25) is 9.63 Å². The lowest BCUT2D eigenvalue weighted by atomic mass is 10.2. The molecule has 72 valence electrons. The van der Waals surface area contributed by atoms with Crippen molar-refractivity contribution in [2.24, 2.45) is 0 Å². The third kappa shape index (κ3) is 6.12. The number of hydroxylamine groups is 2. The lowest BCUT2D eigenvalue weighted by Crippen LogP contribution is -2.33. The average molecular weight is 175 g/mol. The molecule has 0 bridgehead atoms. The van der Waals surface area contributed by atoms with Crippen LogP contribution >= 0.6 is 0 Å². The van der Waals surface area contributed by atoms with Crippen molar-refractivity contribution in [3.63, 3.8) is 0 Å². The molecule has 0 atom stereocenters. The van der Waals surface area contributed by atoms with Crippen LogP contribution in [0.25, 0.3) is 0 Å². The number of nitrogens with zero attached hydrogens (tertiary/aromatic N) is 1. The van der Waals surface area contributed by atoms with E-state index in [1.54, 1.807) is 0 Å². The summed E-state index contributed by atoms with van der Waals surface area (Å²) >= 11 is 0. The third-order valence-corrected chi connectivity index (χ3v) is 1.05. The van der Waals surface area contributed by atoms with E-state index in [9.17, 15) is 4.79 Å². The first-order chi connectivity index (χ1) is 5.49. The molecule has 0 unspecified atom stereocenters. The Morgan fingerprint density at radius 1 is 1.50 bits per heavy atom. The summed E-state index contributed by atoms with van der Waals surface area (Å²) < 4.78 is 0. The number of carbonyl (C=O) groups is 1. The van der Waals surface area contributed by atoms with Gasteiger partial charge in [-0.2, -0.15) is 0 Å². The summed E-state index contributed by atoms with van der Waals surface area (Å²) in [5.41, 5.74) is -0.365. The van der Waals surface area contributed by atoms with Crippen molar-refractivity contribution in [1.82, 2.24) is 5.06 Å². The number of carbonyl (C=O) groups excluding carboxylic acids is 1. The van der Waals surface area contributed by atoms with Crippen LogP contribution in [0.5, 0.6) is 0 Å². The van der Waals surface area contributed by atoms with Crippen molar-refractivity contribution in [2.75, 3.05) is 13.2 Å². The summed E-state index contributed by atoms with van der Waals surface area (Å²) in [6.45, 7) is 6.09. The molecular formula is C8H17NO3. The number of amides is 1. The Labute approximate surface area is 73.1 Å².